The zero-order chi connectivity index (χ0) is 25.7. The minimum atomic E-state index is -0.484. The summed E-state index contributed by atoms with van der Waals surface area (Å²) in [4.78, 5) is 21.0. The topological polar surface area (TPSA) is 104 Å². The fourth-order valence-electron chi connectivity index (χ4n) is 5.78. The number of alkyl carbamates (subject to hydrolysis) is 1. The Morgan fingerprint density at radius 1 is 1.19 bits per heavy atom. The molecule has 3 N–H and O–H groups in total. The van der Waals surface area contributed by atoms with Crippen LogP contribution in [0.3, 0.4) is 0 Å². The van der Waals surface area contributed by atoms with Crippen LogP contribution in [0, 0.1) is 5.41 Å². The molecule has 0 radical (unpaired) electrons. The number of aryl methyl sites for hydroxylation is 1. The monoisotopic (exact) mass is 489 g/mol. The van der Waals surface area contributed by atoms with Gasteiger partial charge in [-0.1, -0.05) is 18.2 Å². The number of rotatable bonds is 4. The first-order valence-corrected chi connectivity index (χ1v) is 12.5. The summed E-state index contributed by atoms with van der Waals surface area (Å²) >= 11 is 0. The average molecular weight is 490 g/mol. The molecule has 0 saturated heterocycles. The number of nitrogens with zero attached hydrogens (tertiary/aromatic N) is 3. The summed E-state index contributed by atoms with van der Waals surface area (Å²) in [5, 5.41) is 3.92. The van der Waals surface area contributed by atoms with E-state index in [1.54, 1.807) is 7.11 Å². The van der Waals surface area contributed by atoms with Gasteiger partial charge in [-0.2, -0.15) is 0 Å². The molecule has 2 aliphatic rings. The summed E-state index contributed by atoms with van der Waals surface area (Å²) in [5.74, 6) is 1.29. The van der Waals surface area contributed by atoms with Gasteiger partial charge in [0.25, 0.3) is 0 Å². The van der Waals surface area contributed by atoms with Crippen LogP contribution in [-0.2, 0) is 11.8 Å². The van der Waals surface area contributed by atoms with E-state index in [9.17, 15) is 4.79 Å². The molecule has 2 aromatic heterocycles. The number of hydrogen-bond donors (Lipinski definition) is 2. The zero-order valence-corrected chi connectivity index (χ0v) is 21.7. The number of nitrogen functional groups attached to an aromatic ring is 1. The minimum Gasteiger partial charge on any atom is -0.497 e. The smallest absolute Gasteiger partial charge is 0.407 e. The van der Waals surface area contributed by atoms with E-state index in [1.807, 2.05) is 40.0 Å². The van der Waals surface area contributed by atoms with Gasteiger partial charge in [0.05, 0.1) is 18.2 Å². The Kier molecular flexibility index (Phi) is 5.93. The van der Waals surface area contributed by atoms with Crippen molar-refractivity contribution in [3.05, 3.63) is 42.4 Å². The Bertz CT molecular complexity index is 1330. The molecule has 0 atom stereocenters. The van der Waals surface area contributed by atoms with Gasteiger partial charge in [0, 0.05) is 18.7 Å². The normalized spacial score (nSPS) is 21.7. The van der Waals surface area contributed by atoms with Crippen LogP contribution >= 0.6 is 0 Å². The number of carbonyl (C=O) groups excluding carboxylic acids is 1. The van der Waals surface area contributed by atoms with Crippen LogP contribution in [0.4, 0.5) is 10.6 Å². The van der Waals surface area contributed by atoms with Crippen molar-refractivity contribution in [3.8, 4) is 16.9 Å². The molecule has 0 bridgehead atoms. The van der Waals surface area contributed by atoms with E-state index in [4.69, 9.17) is 15.2 Å². The van der Waals surface area contributed by atoms with Crippen molar-refractivity contribution in [2.75, 3.05) is 12.8 Å². The summed E-state index contributed by atoms with van der Waals surface area (Å²) in [5.41, 5.74) is 11.5. The Labute approximate surface area is 211 Å². The fourth-order valence-corrected chi connectivity index (χ4v) is 5.78. The van der Waals surface area contributed by atoms with E-state index in [2.05, 4.69) is 38.1 Å². The number of ether oxygens (including phenoxy) is 2. The van der Waals surface area contributed by atoms with Crippen LogP contribution in [0.2, 0.25) is 0 Å². The average Bonchev–Trinajstić information content (AvgIpc) is 3.11. The molecule has 36 heavy (non-hydrogen) atoms. The van der Waals surface area contributed by atoms with Gasteiger partial charge in [-0.15, -0.1) is 0 Å². The minimum absolute atomic E-state index is 0.178. The second-order valence-corrected chi connectivity index (χ2v) is 11.2. The number of allylic oxidation sites excluding steroid dienone is 2. The number of nitrogens with one attached hydrogen (secondary N) is 1. The van der Waals surface area contributed by atoms with Crippen molar-refractivity contribution in [3.63, 3.8) is 0 Å². The number of anilines is 1. The second-order valence-electron chi connectivity index (χ2n) is 11.2. The van der Waals surface area contributed by atoms with Crippen LogP contribution in [0.15, 0.2) is 36.7 Å². The summed E-state index contributed by atoms with van der Waals surface area (Å²) in [6.45, 7) is 5.65. The molecule has 1 fully saturated rings. The van der Waals surface area contributed by atoms with Crippen molar-refractivity contribution in [2.24, 2.45) is 12.5 Å². The maximum absolute atomic E-state index is 12.2. The van der Waals surface area contributed by atoms with Crippen LogP contribution < -0.4 is 15.8 Å². The molecule has 3 aromatic rings. The van der Waals surface area contributed by atoms with E-state index < -0.39 is 5.60 Å². The summed E-state index contributed by atoms with van der Waals surface area (Å²) < 4.78 is 12.9. The highest BCUT2D eigenvalue weighted by atomic mass is 16.6. The largest absolute Gasteiger partial charge is 0.497 e. The molecule has 1 saturated carbocycles. The van der Waals surface area contributed by atoms with Crippen molar-refractivity contribution in [1.29, 1.82) is 0 Å². The maximum Gasteiger partial charge on any atom is 0.407 e. The van der Waals surface area contributed by atoms with Gasteiger partial charge in [0.2, 0.25) is 0 Å². The third kappa shape index (κ3) is 4.40. The second kappa shape index (κ2) is 8.84. The van der Waals surface area contributed by atoms with Crippen molar-refractivity contribution in [1.82, 2.24) is 19.9 Å². The highest BCUT2D eigenvalue weighted by Gasteiger charge is 2.45. The SMILES string of the molecule is COc1ccc(-c2c(C3=CCC4(CC3)CC(NC(=O)OC(C)(C)C)C4)n(C)c3ncnc(N)c23)cc1. The molecule has 8 heteroatoms. The molecular formula is C28H35N5O3. The molecule has 5 rings (SSSR count). The first kappa shape index (κ1) is 24.2. The number of fused-ring (bicyclic) bond motifs is 1. The number of benzene rings is 1. The van der Waals surface area contributed by atoms with E-state index >= 15 is 0 Å². The molecule has 0 unspecified atom stereocenters. The number of aromatic nitrogens is 3. The van der Waals surface area contributed by atoms with Crippen molar-refractivity contribution >= 4 is 28.5 Å². The molecule has 8 nitrogen and oxygen atoms in total. The Morgan fingerprint density at radius 3 is 2.53 bits per heavy atom. The first-order valence-electron chi connectivity index (χ1n) is 12.5. The standard InChI is InChI=1S/C28H35N5O3/c1-27(2,3)36-26(34)32-19-14-28(15-19)12-10-18(11-13-28)23-21(17-6-8-20(35-5)9-7-17)22-24(29)30-16-31-25(22)33(23)4/h6-10,16,19H,11-15H2,1-5H3,(H,32,34)(H2,29,30,31). The maximum atomic E-state index is 12.2. The number of amides is 1. The van der Waals surface area contributed by atoms with Crippen LogP contribution in [0.5, 0.6) is 5.75 Å². The third-order valence-electron chi connectivity index (χ3n) is 7.47. The molecule has 1 spiro atoms. The van der Waals surface area contributed by atoms with Gasteiger partial charge in [0.15, 0.2) is 0 Å². The van der Waals surface area contributed by atoms with Gasteiger partial charge in [-0.05, 0) is 81.6 Å². The third-order valence-corrected chi connectivity index (χ3v) is 7.47. The van der Waals surface area contributed by atoms with E-state index in [0.717, 1.165) is 65.7 Å². The highest BCUT2D eigenvalue weighted by Crippen LogP contribution is 2.53. The Balaban J connectivity index is 1.41. The van der Waals surface area contributed by atoms with Gasteiger partial charge >= 0.3 is 6.09 Å². The van der Waals surface area contributed by atoms with Gasteiger partial charge in [-0.3, -0.25) is 0 Å². The van der Waals surface area contributed by atoms with Crippen molar-refractivity contribution in [2.45, 2.75) is 64.5 Å². The molecule has 2 heterocycles. The molecule has 1 amide bonds. The van der Waals surface area contributed by atoms with E-state index in [-0.39, 0.29) is 17.6 Å². The lowest BCUT2D eigenvalue weighted by Crippen LogP contribution is -2.52. The van der Waals surface area contributed by atoms with Crippen LogP contribution in [0.1, 0.15) is 58.6 Å². The van der Waals surface area contributed by atoms with Gasteiger partial charge < -0.3 is 25.1 Å². The molecule has 190 valence electrons. The fraction of sp³-hybridized carbons (Fsp3) is 0.464. The van der Waals surface area contributed by atoms with Gasteiger partial charge in [0.1, 0.15) is 29.1 Å². The van der Waals surface area contributed by atoms with Crippen LogP contribution in [0.25, 0.3) is 27.7 Å². The summed E-state index contributed by atoms with van der Waals surface area (Å²) in [6.07, 6.45) is 8.56. The lowest BCUT2D eigenvalue weighted by molar-refractivity contribution is 0.0296. The highest BCUT2D eigenvalue weighted by molar-refractivity contribution is 6.06. The summed E-state index contributed by atoms with van der Waals surface area (Å²) in [6, 6.07) is 8.24. The number of nitrogens with two attached hydrogens (primary N) is 1. The summed E-state index contributed by atoms with van der Waals surface area (Å²) in [7, 11) is 3.72. The number of methoxy groups -OCH3 is 1. The van der Waals surface area contributed by atoms with Crippen LogP contribution in [-0.4, -0.2) is 39.4 Å². The quantitative estimate of drug-likeness (QED) is 0.504. The predicted octanol–water partition coefficient (Wildman–Crippen LogP) is 5.47. The Morgan fingerprint density at radius 2 is 1.92 bits per heavy atom. The first-order chi connectivity index (χ1) is 17.1. The predicted molar refractivity (Wildman–Crippen MR) is 142 cm³/mol. The lowest BCUT2D eigenvalue weighted by Gasteiger charge is -2.49. The Hall–Kier alpha value is -3.55. The number of hydrogen-bond acceptors (Lipinski definition) is 6. The molecule has 0 aliphatic heterocycles. The lowest BCUT2D eigenvalue weighted by atomic mass is 9.59. The van der Waals surface area contributed by atoms with Crippen molar-refractivity contribution < 1.29 is 14.3 Å². The van der Waals surface area contributed by atoms with Gasteiger partial charge in [-0.25, -0.2) is 14.8 Å². The molecule has 1 aromatic carbocycles. The number of carbonyl (C=O) groups is 1. The zero-order valence-electron chi connectivity index (χ0n) is 21.7. The van der Waals surface area contributed by atoms with E-state index in [1.165, 1.54) is 11.9 Å². The molecular weight excluding hydrogens is 454 g/mol. The van der Waals surface area contributed by atoms with E-state index in [0.29, 0.717) is 5.82 Å². The molecule has 2 aliphatic carbocycles.